The van der Waals surface area contributed by atoms with Gasteiger partial charge in [0, 0.05) is 13.1 Å². The van der Waals surface area contributed by atoms with Crippen molar-refractivity contribution in [2.24, 2.45) is 0 Å². The van der Waals surface area contributed by atoms with Crippen molar-refractivity contribution >= 4 is 5.91 Å². The summed E-state index contributed by atoms with van der Waals surface area (Å²) in [5.41, 5.74) is 0.696. The molecule has 0 aliphatic rings. The molecule has 1 aromatic rings. The molecule has 0 aromatic heterocycles. The number of hydrogen-bond donors (Lipinski definition) is 2. The summed E-state index contributed by atoms with van der Waals surface area (Å²) in [6.45, 7) is 3.07. The number of carbonyl (C=O) groups is 1. The van der Waals surface area contributed by atoms with E-state index < -0.39 is 0 Å². The number of halogens is 1. The van der Waals surface area contributed by atoms with Gasteiger partial charge in [0.05, 0.1) is 5.92 Å². The number of hydrogen-bond acceptors (Lipinski definition) is 2. The standard InChI is InChI=1S/C12H17FN2O/c1-9(12(16)15-7-6-14-2)10-4-3-5-11(13)8-10/h3-5,8-9,14H,6-7H2,1-2H3,(H,15,16). The van der Waals surface area contributed by atoms with Crippen molar-refractivity contribution in [1.82, 2.24) is 10.6 Å². The van der Waals surface area contributed by atoms with E-state index in [2.05, 4.69) is 10.6 Å². The smallest absolute Gasteiger partial charge is 0.227 e. The zero-order valence-electron chi connectivity index (χ0n) is 9.59. The van der Waals surface area contributed by atoms with E-state index in [4.69, 9.17) is 0 Å². The third-order valence-corrected chi connectivity index (χ3v) is 2.42. The second-order valence-electron chi connectivity index (χ2n) is 3.67. The second kappa shape index (κ2) is 6.23. The fourth-order valence-corrected chi connectivity index (χ4v) is 1.39. The first-order valence-corrected chi connectivity index (χ1v) is 5.33. The number of amides is 1. The third kappa shape index (κ3) is 3.62. The maximum atomic E-state index is 13.0. The highest BCUT2D eigenvalue weighted by Crippen LogP contribution is 2.15. The Labute approximate surface area is 95.0 Å². The van der Waals surface area contributed by atoms with E-state index in [0.29, 0.717) is 12.1 Å². The Kier molecular flexibility index (Phi) is 4.92. The van der Waals surface area contributed by atoms with Crippen molar-refractivity contribution in [3.8, 4) is 0 Å². The van der Waals surface area contributed by atoms with Crippen molar-refractivity contribution in [2.45, 2.75) is 12.8 Å². The fourth-order valence-electron chi connectivity index (χ4n) is 1.39. The van der Waals surface area contributed by atoms with Gasteiger partial charge in [0.15, 0.2) is 0 Å². The number of benzene rings is 1. The molecule has 1 amide bonds. The maximum absolute atomic E-state index is 13.0. The summed E-state index contributed by atoms with van der Waals surface area (Å²) in [5.74, 6) is -0.721. The molecular weight excluding hydrogens is 207 g/mol. The zero-order chi connectivity index (χ0) is 12.0. The number of likely N-dealkylation sites (N-methyl/N-ethyl adjacent to an activating group) is 1. The molecule has 0 saturated carbocycles. The lowest BCUT2D eigenvalue weighted by Gasteiger charge is -2.12. The largest absolute Gasteiger partial charge is 0.354 e. The summed E-state index contributed by atoms with van der Waals surface area (Å²) >= 11 is 0. The average Bonchev–Trinajstić information content (AvgIpc) is 2.28. The molecule has 0 fully saturated rings. The lowest BCUT2D eigenvalue weighted by Crippen LogP contribution is -2.33. The number of rotatable bonds is 5. The first kappa shape index (κ1) is 12.6. The molecule has 88 valence electrons. The van der Waals surface area contributed by atoms with Crippen molar-refractivity contribution in [3.63, 3.8) is 0 Å². The van der Waals surface area contributed by atoms with Crippen LogP contribution in [-0.4, -0.2) is 26.0 Å². The SMILES string of the molecule is CNCCNC(=O)C(C)c1cccc(F)c1. The highest BCUT2D eigenvalue weighted by atomic mass is 19.1. The van der Waals surface area contributed by atoms with E-state index in [1.54, 1.807) is 19.1 Å². The molecule has 16 heavy (non-hydrogen) atoms. The Morgan fingerprint density at radius 3 is 2.81 bits per heavy atom. The van der Waals surface area contributed by atoms with Gasteiger partial charge >= 0.3 is 0 Å². The van der Waals surface area contributed by atoms with Gasteiger partial charge in [-0.25, -0.2) is 4.39 Å². The molecule has 0 heterocycles. The van der Waals surface area contributed by atoms with Crippen molar-refractivity contribution in [3.05, 3.63) is 35.6 Å². The lowest BCUT2D eigenvalue weighted by molar-refractivity contribution is -0.122. The highest BCUT2D eigenvalue weighted by molar-refractivity contribution is 5.83. The monoisotopic (exact) mass is 224 g/mol. The first-order chi connectivity index (χ1) is 7.65. The van der Waals surface area contributed by atoms with Crippen LogP contribution in [0.3, 0.4) is 0 Å². The van der Waals surface area contributed by atoms with Gasteiger partial charge < -0.3 is 10.6 Å². The van der Waals surface area contributed by atoms with Gasteiger partial charge in [0.1, 0.15) is 5.82 Å². The van der Waals surface area contributed by atoms with E-state index in [9.17, 15) is 9.18 Å². The Morgan fingerprint density at radius 1 is 1.44 bits per heavy atom. The van der Waals surface area contributed by atoms with Crippen molar-refractivity contribution in [2.75, 3.05) is 20.1 Å². The molecule has 0 aliphatic heterocycles. The summed E-state index contributed by atoms with van der Waals surface area (Å²) in [6, 6.07) is 6.13. The Hall–Kier alpha value is -1.42. The van der Waals surface area contributed by atoms with Crippen LogP contribution in [0.1, 0.15) is 18.4 Å². The predicted molar refractivity (Wildman–Crippen MR) is 61.8 cm³/mol. The summed E-state index contributed by atoms with van der Waals surface area (Å²) in [4.78, 5) is 11.7. The molecule has 1 atom stereocenters. The van der Waals surface area contributed by atoms with Gasteiger partial charge in [-0.1, -0.05) is 12.1 Å². The number of carbonyl (C=O) groups excluding carboxylic acids is 1. The first-order valence-electron chi connectivity index (χ1n) is 5.33. The molecule has 1 rings (SSSR count). The van der Waals surface area contributed by atoms with E-state index in [1.165, 1.54) is 12.1 Å². The number of nitrogens with one attached hydrogen (secondary N) is 2. The minimum atomic E-state index is -0.326. The van der Waals surface area contributed by atoms with Gasteiger partial charge in [-0.2, -0.15) is 0 Å². The zero-order valence-corrected chi connectivity index (χ0v) is 9.59. The summed E-state index contributed by atoms with van der Waals surface area (Å²) < 4.78 is 13.0. The molecule has 0 saturated heterocycles. The minimum absolute atomic E-state index is 0.0825. The topological polar surface area (TPSA) is 41.1 Å². The minimum Gasteiger partial charge on any atom is -0.354 e. The molecule has 1 unspecified atom stereocenters. The lowest BCUT2D eigenvalue weighted by atomic mass is 10.0. The van der Waals surface area contributed by atoms with Gasteiger partial charge in [-0.05, 0) is 31.7 Å². The average molecular weight is 224 g/mol. The molecule has 2 N–H and O–H groups in total. The van der Waals surface area contributed by atoms with Gasteiger partial charge in [-0.15, -0.1) is 0 Å². The van der Waals surface area contributed by atoms with Crippen LogP contribution < -0.4 is 10.6 Å². The van der Waals surface area contributed by atoms with Gasteiger partial charge in [0.25, 0.3) is 0 Å². The Morgan fingerprint density at radius 2 is 2.19 bits per heavy atom. The molecule has 0 aliphatic carbocycles. The van der Waals surface area contributed by atoms with Crippen LogP contribution >= 0.6 is 0 Å². The molecule has 3 nitrogen and oxygen atoms in total. The normalized spacial score (nSPS) is 12.2. The van der Waals surface area contributed by atoms with Gasteiger partial charge in [0.2, 0.25) is 5.91 Å². The molecule has 4 heteroatoms. The summed E-state index contributed by atoms with van der Waals surface area (Å²) in [5, 5.41) is 5.71. The van der Waals surface area contributed by atoms with Crippen LogP contribution in [-0.2, 0) is 4.79 Å². The van der Waals surface area contributed by atoms with E-state index in [-0.39, 0.29) is 17.6 Å². The molecule has 0 bridgehead atoms. The van der Waals surface area contributed by atoms with Crippen molar-refractivity contribution < 1.29 is 9.18 Å². The Bertz CT molecular complexity index is 355. The van der Waals surface area contributed by atoms with E-state index in [1.807, 2.05) is 7.05 Å². The summed E-state index contributed by atoms with van der Waals surface area (Å²) in [6.07, 6.45) is 0. The second-order valence-corrected chi connectivity index (χ2v) is 3.67. The van der Waals surface area contributed by atoms with Gasteiger partial charge in [-0.3, -0.25) is 4.79 Å². The van der Waals surface area contributed by atoms with Crippen LogP contribution in [0.25, 0.3) is 0 Å². The molecule has 0 radical (unpaired) electrons. The highest BCUT2D eigenvalue weighted by Gasteiger charge is 2.14. The van der Waals surface area contributed by atoms with Crippen LogP contribution in [0.4, 0.5) is 4.39 Å². The van der Waals surface area contributed by atoms with Crippen LogP contribution in [0, 0.1) is 5.82 Å². The van der Waals surface area contributed by atoms with Crippen LogP contribution in [0.15, 0.2) is 24.3 Å². The molecule has 1 aromatic carbocycles. The maximum Gasteiger partial charge on any atom is 0.227 e. The predicted octanol–water partition coefficient (Wildman–Crippen LogP) is 1.26. The quantitative estimate of drug-likeness (QED) is 0.739. The van der Waals surface area contributed by atoms with Crippen LogP contribution in [0.5, 0.6) is 0 Å². The summed E-state index contributed by atoms with van der Waals surface area (Å²) in [7, 11) is 1.82. The molecular formula is C12H17FN2O. The fraction of sp³-hybridized carbons (Fsp3) is 0.417. The Balaban J connectivity index is 2.56. The van der Waals surface area contributed by atoms with E-state index in [0.717, 1.165) is 6.54 Å². The third-order valence-electron chi connectivity index (χ3n) is 2.42. The molecule has 0 spiro atoms. The van der Waals surface area contributed by atoms with Crippen molar-refractivity contribution in [1.29, 1.82) is 0 Å². The van der Waals surface area contributed by atoms with E-state index >= 15 is 0 Å². The van der Waals surface area contributed by atoms with Crippen LogP contribution in [0.2, 0.25) is 0 Å².